The summed E-state index contributed by atoms with van der Waals surface area (Å²) in [7, 11) is -8.85. The highest BCUT2D eigenvalue weighted by Gasteiger charge is 2.46. The molecule has 24 nitrogen and oxygen atoms in total. The third-order valence-corrected chi connectivity index (χ3v) is 11.0. The Morgan fingerprint density at radius 1 is 1.06 bits per heavy atom. The molecule has 6 heterocycles. The molecule has 0 spiro atoms. The Kier molecular flexibility index (Phi) is 17.6. The van der Waals surface area contributed by atoms with Gasteiger partial charge in [-0.3, -0.25) is 51.9 Å². The number of nitrogens with one attached hydrogen (secondary N) is 3. The van der Waals surface area contributed by atoms with Gasteiger partial charge in [0, 0.05) is 31.1 Å². The molecular formula is C36H48BF4N10O14P. The summed E-state index contributed by atoms with van der Waals surface area (Å²) in [4.78, 5) is 76.8. The number of carbonyl (C=O) groups excluding carboxylic acids is 2. The molecule has 2 aliphatic heterocycles. The largest absolute Gasteiger partial charge is 0.673 e. The minimum absolute atomic E-state index is 0.0161. The fourth-order valence-corrected chi connectivity index (χ4v) is 7.92. The predicted molar refractivity (Wildman–Crippen MR) is 218 cm³/mol. The van der Waals surface area contributed by atoms with E-state index in [4.69, 9.17) is 32.5 Å². The van der Waals surface area contributed by atoms with Crippen LogP contribution >= 0.6 is 7.82 Å². The molecule has 0 bridgehead atoms. The van der Waals surface area contributed by atoms with Gasteiger partial charge >= 0.3 is 32.7 Å². The van der Waals surface area contributed by atoms with Gasteiger partial charge in [-0.2, -0.15) is 10.2 Å². The average molecular weight is 963 g/mol. The lowest BCUT2D eigenvalue weighted by Gasteiger charge is -2.25. The van der Waals surface area contributed by atoms with E-state index < -0.39 is 107 Å². The third kappa shape index (κ3) is 14.6. The van der Waals surface area contributed by atoms with Crippen molar-refractivity contribution in [2.75, 3.05) is 38.3 Å². The quantitative estimate of drug-likeness (QED) is 0.0186. The van der Waals surface area contributed by atoms with Crippen molar-refractivity contribution in [3.63, 3.8) is 0 Å². The van der Waals surface area contributed by atoms with Crippen LogP contribution < -0.4 is 26.7 Å². The van der Waals surface area contributed by atoms with Crippen LogP contribution in [0.3, 0.4) is 0 Å². The van der Waals surface area contributed by atoms with Crippen molar-refractivity contribution in [1.82, 2.24) is 33.6 Å². The van der Waals surface area contributed by atoms with Crippen LogP contribution in [0, 0.1) is 24.2 Å². The van der Waals surface area contributed by atoms with Crippen LogP contribution in [0.25, 0.3) is 11.2 Å². The second-order valence-corrected chi connectivity index (χ2v) is 16.9. The van der Waals surface area contributed by atoms with Gasteiger partial charge in [-0.25, -0.2) is 23.5 Å². The first-order valence-corrected chi connectivity index (χ1v) is 21.7. The zero-order valence-electron chi connectivity index (χ0n) is 35.9. The van der Waals surface area contributed by atoms with E-state index in [1.165, 1.54) is 24.0 Å². The molecule has 30 heteroatoms. The first kappa shape index (κ1) is 51.2. The van der Waals surface area contributed by atoms with E-state index in [1.54, 1.807) is 17.1 Å². The molecule has 0 aromatic carbocycles. The Bertz CT molecular complexity index is 2570. The number of phosphoric ester groups is 1. The van der Waals surface area contributed by atoms with Crippen LogP contribution in [0.1, 0.15) is 57.6 Å². The van der Waals surface area contributed by atoms with Crippen molar-refractivity contribution in [3.8, 4) is 6.07 Å². The van der Waals surface area contributed by atoms with Gasteiger partial charge in [0.05, 0.1) is 45.7 Å². The summed E-state index contributed by atoms with van der Waals surface area (Å²) < 4.78 is 99.6. The SMILES string of the molecule is Cc1cn([C@H]2C[C@H](OC(=O)CC(=O)OCCn3cc[n+](C)c3)[C@@H](COP(=O)(OCCC#N)O[C@H]3C[C@H](n4cnc5c(=O)[nH]c(NCC(C)C)nc54)O[C@@H]3CO)O2)c(=O)[nH]c1=O.F[B-](F)(F)F. The highest BCUT2D eigenvalue weighted by molar-refractivity contribution is 7.48. The highest BCUT2D eigenvalue weighted by atomic mass is 31.2. The van der Waals surface area contributed by atoms with Gasteiger partial charge in [-0.15, -0.1) is 0 Å². The van der Waals surface area contributed by atoms with Gasteiger partial charge in [0.1, 0.15) is 68.8 Å². The molecule has 0 aliphatic carbocycles. The number of aliphatic hydroxyl groups excluding tert-OH is 1. The molecule has 2 saturated heterocycles. The number of imidazole rings is 2. The number of H-pyrrole nitrogens is 2. The summed E-state index contributed by atoms with van der Waals surface area (Å²) in [5, 5.41) is 22.5. The van der Waals surface area contributed by atoms with Crippen molar-refractivity contribution < 1.29 is 73.6 Å². The number of nitriles is 1. The van der Waals surface area contributed by atoms with E-state index in [0.717, 1.165) is 4.57 Å². The summed E-state index contributed by atoms with van der Waals surface area (Å²) >= 11 is 0. The Morgan fingerprint density at radius 2 is 1.76 bits per heavy atom. The number of ether oxygens (including phenoxy) is 4. The molecule has 1 unspecified atom stereocenters. The number of nitrogens with zero attached hydrogens (tertiary/aromatic N) is 7. The summed E-state index contributed by atoms with van der Waals surface area (Å²) in [5.41, 5.74) is -1.55. The number of fused-ring (bicyclic) bond motifs is 1. The van der Waals surface area contributed by atoms with Crippen LogP contribution in [-0.2, 0) is 60.3 Å². The number of rotatable bonds is 20. The number of hydrogen-bond donors (Lipinski definition) is 4. The van der Waals surface area contributed by atoms with E-state index in [0.29, 0.717) is 13.1 Å². The van der Waals surface area contributed by atoms with Crippen molar-refractivity contribution in [1.29, 1.82) is 5.26 Å². The van der Waals surface area contributed by atoms with E-state index >= 15 is 0 Å². The molecule has 66 heavy (non-hydrogen) atoms. The van der Waals surface area contributed by atoms with Crippen LogP contribution in [0.15, 0.2) is 45.6 Å². The van der Waals surface area contributed by atoms with E-state index in [1.807, 2.05) is 37.7 Å². The lowest BCUT2D eigenvalue weighted by Crippen LogP contribution is -2.33. The van der Waals surface area contributed by atoms with Crippen LogP contribution in [-0.4, -0.2) is 115 Å². The smallest absolute Gasteiger partial charge is 0.461 e. The maximum Gasteiger partial charge on any atom is 0.673 e. The number of aromatic nitrogens is 8. The molecule has 2 fully saturated rings. The number of phosphoric acid groups is 1. The Balaban J connectivity index is 0.00000155. The van der Waals surface area contributed by atoms with E-state index in [-0.39, 0.29) is 54.5 Å². The van der Waals surface area contributed by atoms with Gasteiger partial charge in [0.25, 0.3) is 11.1 Å². The molecule has 0 radical (unpaired) electrons. The second-order valence-electron chi connectivity index (χ2n) is 15.3. The summed E-state index contributed by atoms with van der Waals surface area (Å²) in [5.74, 6) is -1.39. The Labute approximate surface area is 371 Å². The number of carbonyl (C=O) groups is 2. The maximum atomic E-state index is 14.3. The van der Waals surface area contributed by atoms with Gasteiger partial charge in [0.15, 0.2) is 11.2 Å². The standard InChI is InChI=1S/C36H47N10O14P.BF4/c1-21(2)15-38-35-40-32-31(34(51)41-35)39-19-46(32)28-13-24(25(17-47)57-28)60-61(53,55-10-5-6-37)56-18-26-23(12-27(58-26)45-16-22(3)33(50)42-36(45)52)59-30(49)14-29(48)54-11-9-44-8-7-43(4)20-44;2-1(3,4)5/h7-8,16,19-21,23-28,47H,5,9-15,17-18H2,1-4H3,(H2-,38,40,41,42,50,51,52);/q;-1/p+1/t23-,24-,25+,26+,27+,28+,61?;/m0./s1. The second kappa shape index (κ2) is 22.6. The summed E-state index contributed by atoms with van der Waals surface area (Å²) in [6, 6.07) is 1.87. The highest BCUT2D eigenvalue weighted by Crippen LogP contribution is 2.54. The topological polar surface area (TPSA) is 299 Å². The zero-order chi connectivity index (χ0) is 48.3. The lowest BCUT2D eigenvalue weighted by atomic mass is 10.2. The molecule has 0 saturated carbocycles. The van der Waals surface area contributed by atoms with Crippen LogP contribution in [0.5, 0.6) is 0 Å². The number of hydrogen-bond acceptors (Lipinski definition) is 18. The molecule has 6 rings (SSSR count). The Hall–Kier alpha value is -5.76. The third-order valence-electron chi connectivity index (χ3n) is 9.55. The predicted octanol–water partition coefficient (Wildman–Crippen LogP) is 1.52. The van der Waals surface area contributed by atoms with Crippen LogP contribution in [0.4, 0.5) is 23.2 Å². The maximum absolute atomic E-state index is 14.3. The minimum atomic E-state index is -6.00. The number of halogens is 4. The fraction of sp³-hybridized carbons (Fsp3) is 0.583. The summed E-state index contributed by atoms with van der Waals surface area (Å²) in [6.07, 6.45) is 0.0219. The number of esters is 2. The van der Waals surface area contributed by atoms with Gasteiger partial charge in [-0.1, -0.05) is 13.8 Å². The van der Waals surface area contributed by atoms with Gasteiger partial charge in [-0.05, 0) is 12.8 Å². The average Bonchev–Trinajstić information content (AvgIpc) is 4.03. The first-order chi connectivity index (χ1) is 31.1. The molecule has 4 aromatic heterocycles. The number of aliphatic hydroxyl groups is 1. The van der Waals surface area contributed by atoms with Crippen molar-refractivity contribution in [3.05, 3.63) is 68.0 Å². The Morgan fingerprint density at radius 3 is 2.42 bits per heavy atom. The van der Waals surface area contributed by atoms with Crippen LogP contribution in [0.2, 0.25) is 0 Å². The van der Waals surface area contributed by atoms with Gasteiger partial charge < -0.3 is 46.6 Å². The van der Waals surface area contributed by atoms with Crippen molar-refractivity contribution >= 4 is 44.1 Å². The molecular weight excluding hydrogens is 914 g/mol. The lowest BCUT2D eigenvalue weighted by molar-refractivity contribution is -0.671. The molecule has 362 valence electrons. The van der Waals surface area contributed by atoms with E-state index in [2.05, 4.69) is 25.3 Å². The molecule has 0 amide bonds. The van der Waals surface area contributed by atoms with Crippen molar-refractivity contribution in [2.24, 2.45) is 13.0 Å². The number of aromatic amines is 2. The number of anilines is 1. The van der Waals surface area contributed by atoms with Crippen molar-refractivity contribution in [2.45, 2.75) is 89.9 Å². The zero-order valence-corrected chi connectivity index (χ0v) is 36.8. The molecule has 4 N–H and O–H groups in total. The molecule has 7 atom stereocenters. The normalized spacial score (nSPS) is 21.5. The first-order valence-electron chi connectivity index (χ1n) is 20.3. The minimum Gasteiger partial charge on any atom is -0.461 e. The molecule has 2 aliphatic rings. The number of aryl methyl sites for hydroxylation is 2. The van der Waals surface area contributed by atoms with E-state index in [9.17, 15) is 56.2 Å². The monoisotopic (exact) mass is 962 g/mol. The molecule has 4 aromatic rings. The fourth-order valence-electron chi connectivity index (χ4n) is 6.52. The van der Waals surface area contributed by atoms with Gasteiger partial charge in [0.2, 0.25) is 12.3 Å². The summed E-state index contributed by atoms with van der Waals surface area (Å²) in [6.45, 7) is 4.65.